The van der Waals surface area contributed by atoms with Crippen molar-refractivity contribution in [2.24, 2.45) is 11.5 Å². The first-order valence-electron chi connectivity index (χ1n) is 7.01. The van der Waals surface area contributed by atoms with Crippen LogP contribution in [0.25, 0.3) is 0 Å². The Kier molecular flexibility index (Phi) is 5.72. The maximum absolute atomic E-state index is 12.3. The molecule has 0 unspecified atom stereocenters. The Morgan fingerprint density at radius 3 is 2.50 bits per heavy atom. The molecule has 8 nitrogen and oxygen atoms in total. The van der Waals surface area contributed by atoms with Gasteiger partial charge >= 0.3 is 0 Å². The molecule has 1 aromatic heterocycles. The lowest BCUT2D eigenvalue weighted by molar-refractivity contribution is 0.100. The summed E-state index contributed by atoms with van der Waals surface area (Å²) in [7, 11) is 2.89. The number of benzene rings is 1. The molecule has 5 N–H and O–H groups in total. The molecule has 0 atom stereocenters. The number of nitrogens with zero attached hydrogens (tertiary/aromatic N) is 1. The number of nitrogens with two attached hydrogens (primary N) is 2. The summed E-state index contributed by atoms with van der Waals surface area (Å²) in [5, 5.41) is 5.03. The van der Waals surface area contributed by atoms with Gasteiger partial charge in [0.2, 0.25) is 0 Å². The minimum atomic E-state index is -0.701. The number of carbonyl (C=O) groups excluding carboxylic acids is 2. The van der Waals surface area contributed by atoms with Crippen LogP contribution in [-0.4, -0.2) is 37.6 Å². The molecule has 2 aromatic rings. The smallest absolute Gasteiger partial charge is 0.275 e. The standard InChI is InChI=1S/C15H18N4O4S/c1-22-11-5-8(14(17)20)9(6-12(11)23-2)19-15(21)10-7-24-13(18-10)3-4-16/h5-7H,3-4,16H2,1-2H3,(H2,17,20)(H,19,21). The van der Waals surface area contributed by atoms with Gasteiger partial charge in [0.1, 0.15) is 5.69 Å². The number of hydrogen-bond acceptors (Lipinski definition) is 7. The maximum Gasteiger partial charge on any atom is 0.275 e. The average Bonchev–Trinajstić information content (AvgIpc) is 3.03. The summed E-state index contributed by atoms with van der Waals surface area (Å²) >= 11 is 1.35. The number of thiazole rings is 1. The van der Waals surface area contributed by atoms with Gasteiger partial charge in [-0.2, -0.15) is 0 Å². The molecule has 128 valence electrons. The highest BCUT2D eigenvalue weighted by Crippen LogP contribution is 2.33. The van der Waals surface area contributed by atoms with Gasteiger partial charge in [0, 0.05) is 17.9 Å². The highest BCUT2D eigenvalue weighted by molar-refractivity contribution is 7.09. The normalized spacial score (nSPS) is 10.3. The summed E-state index contributed by atoms with van der Waals surface area (Å²) in [6.45, 7) is 0.454. The van der Waals surface area contributed by atoms with E-state index in [1.165, 1.54) is 37.7 Å². The maximum atomic E-state index is 12.3. The van der Waals surface area contributed by atoms with Crippen molar-refractivity contribution in [3.05, 3.63) is 33.8 Å². The molecule has 0 aliphatic heterocycles. The Labute approximate surface area is 142 Å². The first-order chi connectivity index (χ1) is 11.5. The number of rotatable bonds is 7. The lowest BCUT2D eigenvalue weighted by Gasteiger charge is -2.13. The van der Waals surface area contributed by atoms with Crippen molar-refractivity contribution in [2.45, 2.75) is 6.42 Å². The highest BCUT2D eigenvalue weighted by atomic mass is 32.1. The summed E-state index contributed by atoms with van der Waals surface area (Å²) in [5.74, 6) is -0.458. The summed E-state index contributed by atoms with van der Waals surface area (Å²) in [6, 6.07) is 2.89. The second kappa shape index (κ2) is 7.75. The summed E-state index contributed by atoms with van der Waals surface area (Å²) in [4.78, 5) is 28.2. The molecule has 0 radical (unpaired) electrons. The second-order valence-electron chi connectivity index (χ2n) is 4.74. The number of nitrogens with one attached hydrogen (secondary N) is 1. The molecular formula is C15H18N4O4S. The van der Waals surface area contributed by atoms with E-state index >= 15 is 0 Å². The van der Waals surface area contributed by atoms with Gasteiger partial charge in [-0.15, -0.1) is 11.3 Å². The first-order valence-corrected chi connectivity index (χ1v) is 7.89. The quantitative estimate of drug-likeness (QED) is 0.683. The van der Waals surface area contributed by atoms with Crippen molar-refractivity contribution in [3.8, 4) is 11.5 Å². The molecule has 0 fully saturated rings. The molecule has 1 heterocycles. The Morgan fingerprint density at radius 2 is 1.92 bits per heavy atom. The average molecular weight is 350 g/mol. The summed E-state index contributed by atoms with van der Waals surface area (Å²) < 4.78 is 10.3. The fourth-order valence-electron chi connectivity index (χ4n) is 2.03. The van der Waals surface area contributed by atoms with Gasteiger partial charge in [0.25, 0.3) is 11.8 Å². The zero-order valence-corrected chi connectivity index (χ0v) is 14.1. The van der Waals surface area contributed by atoms with E-state index in [2.05, 4.69) is 10.3 Å². The van der Waals surface area contributed by atoms with E-state index in [1.807, 2.05) is 0 Å². The lowest BCUT2D eigenvalue weighted by Crippen LogP contribution is -2.19. The molecule has 0 saturated heterocycles. The predicted molar refractivity (Wildman–Crippen MR) is 90.9 cm³/mol. The van der Waals surface area contributed by atoms with Crippen molar-refractivity contribution in [1.82, 2.24) is 4.98 Å². The number of anilines is 1. The molecule has 0 aliphatic rings. The fraction of sp³-hybridized carbons (Fsp3) is 0.267. The zero-order chi connectivity index (χ0) is 17.7. The van der Waals surface area contributed by atoms with Gasteiger partial charge in [-0.3, -0.25) is 9.59 Å². The minimum absolute atomic E-state index is 0.110. The number of carbonyl (C=O) groups is 2. The number of aromatic nitrogens is 1. The Balaban J connectivity index is 2.32. The molecule has 2 amide bonds. The molecular weight excluding hydrogens is 332 g/mol. The van der Waals surface area contributed by atoms with Gasteiger partial charge in [-0.05, 0) is 12.6 Å². The van der Waals surface area contributed by atoms with Crippen LogP contribution >= 0.6 is 11.3 Å². The van der Waals surface area contributed by atoms with Gasteiger partial charge in [0.15, 0.2) is 11.5 Å². The van der Waals surface area contributed by atoms with Crippen LogP contribution in [0.2, 0.25) is 0 Å². The van der Waals surface area contributed by atoms with Crippen LogP contribution in [0.4, 0.5) is 5.69 Å². The van der Waals surface area contributed by atoms with Crippen LogP contribution in [0.1, 0.15) is 25.9 Å². The summed E-state index contributed by atoms with van der Waals surface area (Å²) in [6.07, 6.45) is 0.598. The molecule has 0 aliphatic carbocycles. The van der Waals surface area contributed by atoms with E-state index in [1.54, 1.807) is 5.38 Å². The van der Waals surface area contributed by atoms with Crippen molar-refractivity contribution in [3.63, 3.8) is 0 Å². The lowest BCUT2D eigenvalue weighted by atomic mass is 10.1. The van der Waals surface area contributed by atoms with Crippen LogP contribution < -0.4 is 26.3 Å². The van der Waals surface area contributed by atoms with Gasteiger partial charge in [0.05, 0.1) is 30.5 Å². The van der Waals surface area contributed by atoms with Crippen molar-refractivity contribution in [2.75, 3.05) is 26.1 Å². The van der Waals surface area contributed by atoms with E-state index in [0.717, 1.165) is 5.01 Å². The number of methoxy groups -OCH3 is 2. The topological polar surface area (TPSA) is 130 Å². The van der Waals surface area contributed by atoms with Gasteiger partial charge in [-0.25, -0.2) is 4.98 Å². The van der Waals surface area contributed by atoms with Crippen LogP contribution in [0.15, 0.2) is 17.5 Å². The summed E-state index contributed by atoms with van der Waals surface area (Å²) in [5.41, 5.74) is 11.4. The van der Waals surface area contributed by atoms with E-state index < -0.39 is 11.8 Å². The van der Waals surface area contributed by atoms with Gasteiger partial charge in [-0.1, -0.05) is 0 Å². The second-order valence-corrected chi connectivity index (χ2v) is 5.68. The third-order valence-corrected chi connectivity index (χ3v) is 4.09. The molecule has 0 spiro atoms. The number of primary amides is 1. The monoisotopic (exact) mass is 350 g/mol. The largest absolute Gasteiger partial charge is 0.493 e. The Morgan fingerprint density at radius 1 is 1.25 bits per heavy atom. The van der Waals surface area contributed by atoms with E-state index in [9.17, 15) is 9.59 Å². The van der Waals surface area contributed by atoms with Crippen LogP contribution in [0.3, 0.4) is 0 Å². The fourth-order valence-corrected chi connectivity index (χ4v) is 2.82. The SMILES string of the molecule is COc1cc(NC(=O)c2csc(CCN)n2)c(C(N)=O)cc1OC. The van der Waals surface area contributed by atoms with Crippen molar-refractivity contribution >= 4 is 28.8 Å². The minimum Gasteiger partial charge on any atom is -0.493 e. The van der Waals surface area contributed by atoms with Crippen LogP contribution in [0, 0.1) is 0 Å². The number of ether oxygens (including phenoxy) is 2. The third-order valence-electron chi connectivity index (χ3n) is 3.18. The molecule has 0 bridgehead atoms. The first kappa shape index (κ1) is 17.7. The molecule has 0 saturated carbocycles. The van der Waals surface area contributed by atoms with E-state index in [0.29, 0.717) is 24.5 Å². The van der Waals surface area contributed by atoms with Gasteiger partial charge < -0.3 is 26.3 Å². The van der Waals surface area contributed by atoms with E-state index in [-0.39, 0.29) is 16.9 Å². The zero-order valence-electron chi connectivity index (χ0n) is 13.3. The molecule has 1 aromatic carbocycles. The van der Waals surface area contributed by atoms with Crippen molar-refractivity contribution in [1.29, 1.82) is 0 Å². The molecule has 9 heteroatoms. The third kappa shape index (κ3) is 3.81. The Hall–Kier alpha value is -2.65. The Bertz CT molecular complexity index is 760. The number of hydrogen-bond donors (Lipinski definition) is 3. The van der Waals surface area contributed by atoms with Crippen molar-refractivity contribution < 1.29 is 19.1 Å². The highest BCUT2D eigenvalue weighted by Gasteiger charge is 2.18. The number of amides is 2. The van der Waals surface area contributed by atoms with Crippen LogP contribution in [0.5, 0.6) is 11.5 Å². The predicted octanol–water partition coefficient (Wildman–Crippen LogP) is 1.01. The van der Waals surface area contributed by atoms with E-state index in [4.69, 9.17) is 20.9 Å². The molecule has 24 heavy (non-hydrogen) atoms. The molecule has 2 rings (SSSR count). The van der Waals surface area contributed by atoms with Crippen LogP contribution in [-0.2, 0) is 6.42 Å².